The Morgan fingerprint density at radius 2 is 0.763 bits per heavy atom. The molecule has 0 aliphatic carbocycles. The summed E-state index contributed by atoms with van der Waals surface area (Å²) in [6.45, 7) is 0. The first-order valence-corrected chi connectivity index (χ1v) is 24.7. The van der Waals surface area contributed by atoms with E-state index in [-0.39, 0.29) is 20.1 Å². The Kier molecular flexibility index (Phi) is 14.1. The van der Waals surface area contributed by atoms with Crippen LogP contribution in [-0.4, -0.2) is 29.6 Å². The van der Waals surface area contributed by atoms with Gasteiger partial charge in [0.05, 0.1) is 48.4 Å². The third-order valence-corrected chi connectivity index (χ3v) is 13.2. The topological polar surface area (TPSA) is 83.3 Å². The molecule has 4 heterocycles. The van der Waals surface area contributed by atoms with Gasteiger partial charge in [0.25, 0.3) is 0 Å². The molecule has 0 spiro atoms. The summed E-state index contributed by atoms with van der Waals surface area (Å²) < 4.78 is 8.53. The summed E-state index contributed by atoms with van der Waals surface area (Å²) in [4.78, 5) is 4.02. The van der Waals surface area contributed by atoms with Crippen LogP contribution in [0.1, 0.15) is 0 Å². The predicted octanol–water partition coefficient (Wildman–Crippen LogP) is 13.0. The Morgan fingerprint density at radius 3 is 1.16 bits per heavy atom. The van der Waals surface area contributed by atoms with Gasteiger partial charge in [-0.1, -0.05) is 210 Å². The second kappa shape index (κ2) is 21.9. The summed E-state index contributed by atoms with van der Waals surface area (Å²) in [6.07, 6.45) is 8.84. The van der Waals surface area contributed by atoms with Crippen LogP contribution in [0.2, 0.25) is 0 Å². The molecule has 4 aromatic heterocycles. The van der Waals surface area contributed by atoms with Crippen LogP contribution in [0.5, 0.6) is 0 Å². The molecule has 0 aliphatic heterocycles. The molecule has 0 saturated heterocycles. The SMILES string of the molecule is C[n+]1[c-]n(-c2[c-]c3ccccc3c3ccccc23)c(-c2ccccc2)c1-c1ccccc1.C[n+]1[c-]n(-c2[c-]c3ccccc3c3ccccc23)c(-c2ccccc2)c1-c1ccccc1.[Ir].c1ccc(-c2nnn[n-]2)nc1. The fourth-order valence-corrected chi connectivity index (χ4v) is 9.92. The maximum absolute atomic E-state index is 4.02. The molecule has 0 fully saturated rings. The molecular formula is C66H46IrN9-3. The Hall–Kier alpha value is -9.47. The van der Waals surface area contributed by atoms with Crippen molar-refractivity contribution in [2.75, 3.05) is 0 Å². The van der Waals surface area contributed by atoms with Crippen LogP contribution in [0.25, 0.3) is 111 Å². The molecule has 0 aliphatic rings. The second-order valence-corrected chi connectivity index (χ2v) is 17.9. The molecule has 10 aromatic carbocycles. The fourth-order valence-electron chi connectivity index (χ4n) is 9.92. The van der Waals surface area contributed by atoms with E-state index in [2.05, 4.69) is 301 Å². The van der Waals surface area contributed by atoms with Crippen LogP contribution >= 0.6 is 0 Å². The van der Waals surface area contributed by atoms with E-state index in [0.29, 0.717) is 11.5 Å². The van der Waals surface area contributed by atoms with Crippen LogP contribution in [0.4, 0.5) is 0 Å². The number of rotatable bonds is 7. The van der Waals surface area contributed by atoms with Crippen LogP contribution in [0.15, 0.2) is 243 Å². The first-order valence-electron chi connectivity index (χ1n) is 24.7. The normalized spacial score (nSPS) is 10.9. The zero-order chi connectivity index (χ0) is 50.5. The Labute approximate surface area is 454 Å². The van der Waals surface area contributed by atoms with Gasteiger partial charge in [-0.2, -0.15) is 5.21 Å². The van der Waals surface area contributed by atoms with E-state index in [9.17, 15) is 0 Å². The van der Waals surface area contributed by atoms with Gasteiger partial charge in [0.1, 0.15) is 0 Å². The maximum atomic E-state index is 4.02. The molecule has 0 saturated carbocycles. The van der Waals surface area contributed by atoms with Gasteiger partial charge in [-0.25, -0.2) is 0 Å². The average Bonchev–Trinajstić information content (AvgIpc) is 4.25. The molecule has 10 heteroatoms. The molecule has 1 radical (unpaired) electrons. The zero-order valence-corrected chi connectivity index (χ0v) is 43.8. The van der Waals surface area contributed by atoms with Crippen molar-refractivity contribution in [1.82, 2.24) is 34.7 Å². The number of nitrogens with zero attached hydrogens (tertiary/aromatic N) is 9. The number of aryl methyl sites for hydroxylation is 2. The van der Waals surface area contributed by atoms with E-state index in [1.807, 2.05) is 12.1 Å². The number of fused-ring (bicyclic) bond motifs is 6. The van der Waals surface area contributed by atoms with Crippen LogP contribution < -0.4 is 14.2 Å². The van der Waals surface area contributed by atoms with E-state index in [4.69, 9.17) is 0 Å². The largest absolute Gasteiger partial charge is 0.335 e. The molecule has 0 atom stereocenters. The van der Waals surface area contributed by atoms with Gasteiger partial charge < -0.3 is 23.4 Å². The van der Waals surface area contributed by atoms with Crippen molar-refractivity contribution in [1.29, 1.82) is 0 Å². The third kappa shape index (κ3) is 9.51. The van der Waals surface area contributed by atoms with Gasteiger partial charge in [-0.05, 0) is 45.8 Å². The Bertz CT molecular complexity index is 4000. The Balaban J connectivity index is 0.000000134. The quantitative estimate of drug-likeness (QED) is 0.0902. The molecular weight excluding hydrogens is 1110 g/mol. The van der Waals surface area contributed by atoms with E-state index in [1.165, 1.54) is 21.5 Å². The van der Waals surface area contributed by atoms with E-state index < -0.39 is 0 Å². The number of tetrazole rings is 1. The molecule has 367 valence electrons. The van der Waals surface area contributed by atoms with Crippen molar-refractivity contribution in [3.8, 4) is 67.9 Å². The number of pyridine rings is 1. The molecule has 14 aromatic rings. The first-order chi connectivity index (χ1) is 37.1. The molecule has 0 bridgehead atoms. The van der Waals surface area contributed by atoms with E-state index in [0.717, 1.165) is 77.9 Å². The standard InChI is InChI=1S/2C30H21N2.C6H4N5.Ir/c2*1-31-21-32(28-20-24-16-8-9-17-25(24)26-18-10-11-19-27(26)28)30(23-14-6-3-7-15-23)29(31)22-12-4-2-5-13-22;1-2-4-7-5(3-1)6-8-10-11-9-6;/h2*2-19H,1H3;1-4H;/q3*-1;. The van der Waals surface area contributed by atoms with Crippen molar-refractivity contribution in [3.63, 3.8) is 0 Å². The smallest absolute Gasteiger partial charge is 0.242 e. The first kappa shape index (κ1) is 48.8. The van der Waals surface area contributed by atoms with Crippen LogP contribution in [0.3, 0.4) is 0 Å². The van der Waals surface area contributed by atoms with Crippen molar-refractivity contribution >= 4 is 43.1 Å². The minimum Gasteiger partial charge on any atom is -0.335 e. The summed E-state index contributed by atoms with van der Waals surface area (Å²) in [6, 6.07) is 89.1. The minimum atomic E-state index is 0. The third-order valence-electron chi connectivity index (χ3n) is 13.2. The van der Waals surface area contributed by atoms with Gasteiger partial charge in [-0.15, -0.1) is 70.1 Å². The van der Waals surface area contributed by atoms with Gasteiger partial charge >= 0.3 is 0 Å². The zero-order valence-electron chi connectivity index (χ0n) is 41.5. The minimum absolute atomic E-state index is 0. The second-order valence-electron chi connectivity index (χ2n) is 17.9. The predicted molar refractivity (Wildman–Crippen MR) is 297 cm³/mol. The van der Waals surface area contributed by atoms with Crippen LogP contribution in [0, 0.1) is 24.8 Å². The van der Waals surface area contributed by atoms with Crippen molar-refractivity contribution < 1.29 is 29.2 Å². The molecule has 0 amide bonds. The monoisotopic (exact) mass is 1160 g/mol. The van der Waals surface area contributed by atoms with Gasteiger partial charge in [0.2, 0.25) is 12.7 Å². The number of hydrogen-bond donors (Lipinski definition) is 0. The van der Waals surface area contributed by atoms with Crippen LogP contribution in [-0.2, 0) is 34.2 Å². The van der Waals surface area contributed by atoms with Crippen molar-refractivity contribution in [2.45, 2.75) is 0 Å². The molecule has 76 heavy (non-hydrogen) atoms. The van der Waals surface area contributed by atoms with E-state index in [1.54, 1.807) is 12.3 Å². The van der Waals surface area contributed by atoms with Gasteiger partial charge in [0, 0.05) is 26.3 Å². The molecule has 9 nitrogen and oxygen atoms in total. The number of imidazole rings is 2. The Morgan fingerprint density at radius 1 is 0.395 bits per heavy atom. The fraction of sp³-hybridized carbons (Fsp3) is 0.0303. The summed E-state index contributed by atoms with van der Waals surface area (Å²) in [5.74, 6) is 0.464. The molecule has 14 rings (SSSR count). The number of hydrogen-bond acceptors (Lipinski definition) is 4. The van der Waals surface area contributed by atoms with Gasteiger partial charge in [-0.3, -0.25) is 15.3 Å². The van der Waals surface area contributed by atoms with Crippen molar-refractivity contribution in [3.05, 3.63) is 268 Å². The van der Waals surface area contributed by atoms with Crippen molar-refractivity contribution in [2.24, 2.45) is 14.1 Å². The summed E-state index contributed by atoms with van der Waals surface area (Å²) in [5, 5.41) is 23.4. The summed E-state index contributed by atoms with van der Waals surface area (Å²) in [7, 11) is 4.13. The van der Waals surface area contributed by atoms with Gasteiger partial charge in [0.15, 0.2) is 0 Å². The maximum Gasteiger partial charge on any atom is 0.242 e. The average molecular weight is 1160 g/mol. The number of benzene rings is 10. The summed E-state index contributed by atoms with van der Waals surface area (Å²) in [5.41, 5.74) is 11.8. The molecule has 0 N–H and O–H groups in total. The van der Waals surface area contributed by atoms with E-state index >= 15 is 0 Å². The summed E-state index contributed by atoms with van der Waals surface area (Å²) >= 11 is 0. The molecule has 0 unspecified atom stereocenters. The number of aromatic nitrogens is 9.